The lowest BCUT2D eigenvalue weighted by Gasteiger charge is -2.38. The maximum atomic E-state index is 9.16. The minimum atomic E-state index is 0.335. The molecule has 2 aromatic rings. The van der Waals surface area contributed by atoms with Crippen molar-refractivity contribution in [1.82, 2.24) is 0 Å². The third kappa shape index (κ3) is 1.94. The predicted molar refractivity (Wildman–Crippen MR) is 88.7 cm³/mol. The molecule has 2 aromatic carbocycles. The smallest absolute Gasteiger partial charge is 0.0991 e. The molecule has 0 amide bonds. The SMILES string of the molecule is Cc1ccccc1C1Nc2ccc(C#N)cc2C2C=CCC21. The van der Waals surface area contributed by atoms with Crippen molar-refractivity contribution in [2.45, 2.75) is 25.3 Å². The molecule has 0 saturated carbocycles. The van der Waals surface area contributed by atoms with Crippen LogP contribution in [-0.2, 0) is 0 Å². The van der Waals surface area contributed by atoms with Gasteiger partial charge in [0.25, 0.3) is 0 Å². The highest BCUT2D eigenvalue weighted by molar-refractivity contribution is 5.62. The van der Waals surface area contributed by atoms with Gasteiger partial charge >= 0.3 is 0 Å². The molecule has 2 heteroatoms. The Morgan fingerprint density at radius 2 is 2.00 bits per heavy atom. The first-order valence-corrected chi connectivity index (χ1v) is 7.80. The predicted octanol–water partition coefficient (Wildman–Crippen LogP) is 4.69. The number of nitrogens with one attached hydrogen (secondary N) is 1. The third-order valence-corrected chi connectivity index (χ3v) is 5.02. The van der Waals surface area contributed by atoms with Crippen LogP contribution in [0, 0.1) is 24.2 Å². The zero-order chi connectivity index (χ0) is 15.1. The quantitative estimate of drug-likeness (QED) is 0.772. The zero-order valence-corrected chi connectivity index (χ0v) is 12.6. The molecule has 22 heavy (non-hydrogen) atoms. The largest absolute Gasteiger partial charge is 0.378 e. The van der Waals surface area contributed by atoms with E-state index in [1.165, 1.54) is 22.4 Å². The summed E-state index contributed by atoms with van der Waals surface area (Å²) in [5.41, 5.74) is 5.90. The highest BCUT2D eigenvalue weighted by Crippen LogP contribution is 2.50. The first-order chi connectivity index (χ1) is 10.8. The van der Waals surface area contributed by atoms with Crippen LogP contribution in [0.5, 0.6) is 0 Å². The van der Waals surface area contributed by atoms with Crippen molar-refractivity contribution in [2.75, 3.05) is 5.32 Å². The molecule has 0 fully saturated rings. The fourth-order valence-electron chi connectivity index (χ4n) is 3.91. The zero-order valence-electron chi connectivity index (χ0n) is 12.6. The van der Waals surface area contributed by atoms with Crippen LogP contribution in [0.3, 0.4) is 0 Å². The Balaban J connectivity index is 1.82. The summed E-state index contributed by atoms with van der Waals surface area (Å²) in [5.74, 6) is 0.941. The Morgan fingerprint density at radius 3 is 2.82 bits per heavy atom. The maximum Gasteiger partial charge on any atom is 0.0991 e. The highest BCUT2D eigenvalue weighted by Gasteiger charge is 2.38. The van der Waals surface area contributed by atoms with Crippen LogP contribution in [-0.4, -0.2) is 0 Å². The Hall–Kier alpha value is -2.53. The normalized spacial score (nSPS) is 25.0. The fourth-order valence-corrected chi connectivity index (χ4v) is 3.91. The average Bonchev–Trinajstić information content (AvgIpc) is 3.04. The number of rotatable bonds is 1. The van der Waals surface area contributed by atoms with Gasteiger partial charge in [0.05, 0.1) is 17.7 Å². The van der Waals surface area contributed by atoms with E-state index in [1.807, 2.05) is 12.1 Å². The van der Waals surface area contributed by atoms with E-state index < -0.39 is 0 Å². The van der Waals surface area contributed by atoms with E-state index in [0.29, 0.717) is 17.9 Å². The van der Waals surface area contributed by atoms with Gasteiger partial charge in [-0.1, -0.05) is 36.4 Å². The summed E-state index contributed by atoms with van der Waals surface area (Å²) in [7, 11) is 0. The van der Waals surface area contributed by atoms with E-state index in [2.05, 4.69) is 60.8 Å². The van der Waals surface area contributed by atoms with Crippen LogP contribution < -0.4 is 5.32 Å². The Morgan fingerprint density at radius 1 is 1.14 bits per heavy atom. The van der Waals surface area contributed by atoms with Crippen LogP contribution in [0.4, 0.5) is 5.69 Å². The summed E-state index contributed by atoms with van der Waals surface area (Å²) in [6, 6.07) is 17.2. The molecule has 108 valence electrons. The molecule has 1 aliphatic carbocycles. The van der Waals surface area contributed by atoms with E-state index in [4.69, 9.17) is 5.26 Å². The molecule has 0 bridgehead atoms. The highest BCUT2D eigenvalue weighted by atomic mass is 15.0. The molecule has 3 unspecified atom stereocenters. The average molecular weight is 286 g/mol. The van der Waals surface area contributed by atoms with Crippen molar-refractivity contribution >= 4 is 5.69 Å². The Kier molecular flexibility index (Phi) is 3.01. The van der Waals surface area contributed by atoms with Gasteiger partial charge in [-0.15, -0.1) is 0 Å². The van der Waals surface area contributed by atoms with Gasteiger partial charge in [-0.05, 0) is 54.2 Å². The van der Waals surface area contributed by atoms with Gasteiger partial charge in [0.15, 0.2) is 0 Å². The molecule has 2 aliphatic rings. The van der Waals surface area contributed by atoms with Crippen LogP contribution in [0.1, 0.15) is 40.6 Å². The number of hydrogen-bond acceptors (Lipinski definition) is 2. The number of benzene rings is 2. The third-order valence-electron chi connectivity index (χ3n) is 5.02. The van der Waals surface area contributed by atoms with E-state index in [9.17, 15) is 0 Å². The van der Waals surface area contributed by atoms with E-state index in [1.54, 1.807) is 0 Å². The topological polar surface area (TPSA) is 35.8 Å². The second kappa shape index (κ2) is 5.03. The van der Waals surface area contributed by atoms with E-state index in [0.717, 1.165) is 12.0 Å². The van der Waals surface area contributed by atoms with Gasteiger partial charge < -0.3 is 5.32 Å². The molecule has 1 aliphatic heterocycles. The number of allylic oxidation sites excluding steroid dienone is 2. The van der Waals surface area contributed by atoms with Gasteiger partial charge in [-0.2, -0.15) is 5.26 Å². The van der Waals surface area contributed by atoms with Gasteiger partial charge in [-0.25, -0.2) is 0 Å². The standard InChI is InChI=1S/C20H18N2/c1-13-5-2-3-6-15(13)20-17-8-4-7-16(17)18-11-14(12-21)9-10-19(18)22-20/h2-7,9-11,16-17,20,22H,8H2,1H3. The lowest BCUT2D eigenvalue weighted by atomic mass is 9.76. The lowest BCUT2D eigenvalue weighted by molar-refractivity contribution is 0.424. The number of aryl methyl sites for hydroxylation is 1. The molecule has 0 saturated heterocycles. The van der Waals surface area contributed by atoms with Gasteiger partial charge in [0.2, 0.25) is 0 Å². The molecule has 0 radical (unpaired) electrons. The van der Waals surface area contributed by atoms with Crippen LogP contribution in [0.2, 0.25) is 0 Å². The monoisotopic (exact) mass is 286 g/mol. The van der Waals surface area contributed by atoms with Crippen LogP contribution >= 0.6 is 0 Å². The summed E-state index contributed by atoms with van der Waals surface area (Å²) in [6.07, 6.45) is 5.69. The van der Waals surface area contributed by atoms with Crippen molar-refractivity contribution in [3.63, 3.8) is 0 Å². The Bertz CT molecular complexity index is 798. The summed E-state index contributed by atoms with van der Waals surface area (Å²) >= 11 is 0. The van der Waals surface area contributed by atoms with Crippen LogP contribution in [0.25, 0.3) is 0 Å². The van der Waals surface area contributed by atoms with Crippen molar-refractivity contribution < 1.29 is 0 Å². The van der Waals surface area contributed by atoms with Gasteiger partial charge in [0, 0.05) is 11.6 Å². The van der Waals surface area contributed by atoms with Crippen LogP contribution in [0.15, 0.2) is 54.6 Å². The first-order valence-electron chi connectivity index (χ1n) is 7.80. The second-order valence-corrected chi connectivity index (χ2v) is 6.25. The number of hydrogen-bond donors (Lipinski definition) is 1. The molecule has 0 spiro atoms. The summed E-state index contributed by atoms with van der Waals surface area (Å²) in [5, 5.41) is 12.9. The molecular weight excluding hydrogens is 268 g/mol. The summed E-state index contributed by atoms with van der Waals surface area (Å²) in [4.78, 5) is 0. The lowest BCUT2D eigenvalue weighted by Crippen LogP contribution is -2.29. The van der Waals surface area contributed by atoms with E-state index in [-0.39, 0.29) is 0 Å². The number of anilines is 1. The Labute approximate surface area is 131 Å². The molecular formula is C20H18N2. The molecule has 4 rings (SSSR count). The van der Waals surface area contributed by atoms with Gasteiger partial charge in [-0.3, -0.25) is 0 Å². The van der Waals surface area contributed by atoms with Crippen molar-refractivity contribution in [2.24, 2.45) is 5.92 Å². The number of fused-ring (bicyclic) bond motifs is 3. The molecule has 1 N–H and O–H groups in total. The van der Waals surface area contributed by atoms with Crippen molar-refractivity contribution in [3.05, 3.63) is 76.9 Å². The first kappa shape index (κ1) is 13.2. The minimum absolute atomic E-state index is 0.335. The van der Waals surface area contributed by atoms with Gasteiger partial charge in [0.1, 0.15) is 0 Å². The fraction of sp³-hybridized carbons (Fsp3) is 0.250. The molecule has 0 aromatic heterocycles. The number of nitriles is 1. The van der Waals surface area contributed by atoms with Crippen molar-refractivity contribution in [3.8, 4) is 6.07 Å². The summed E-state index contributed by atoms with van der Waals surface area (Å²) < 4.78 is 0. The maximum absolute atomic E-state index is 9.16. The second-order valence-electron chi connectivity index (χ2n) is 6.25. The molecule has 3 atom stereocenters. The molecule has 1 heterocycles. The summed E-state index contributed by atoms with van der Waals surface area (Å²) in [6.45, 7) is 2.18. The van der Waals surface area contributed by atoms with Crippen molar-refractivity contribution in [1.29, 1.82) is 5.26 Å². The van der Waals surface area contributed by atoms with E-state index >= 15 is 0 Å². The number of nitrogens with zero attached hydrogens (tertiary/aromatic N) is 1. The minimum Gasteiger partial charge on any atom is -0.378 e. The molecule has 2 nitrogen and oxygen atoms in total.